The number of amides is 1. The molecule has 2 heterocycles. The van der Waals surface area contributed by atoms with Crippen molar-refractivity contribution in [2.75, 3.05) is 11.1 Å². The first-order valence-electron chi connectivity index (χ1n) is 8.53. The molecule has 1 aliphatic heterocycles. The van der Waals surface area contributed by atoms with Crippen molar-refractivity contribution in [2.24, 2.45) is 0 Å². The minimum Gasteiger partial charge on any atom is -0.481 e. The predicted molar refractivity (Wildman–Crippen MR) is 100 cm³/mol. The van der Waals surface area contributed by atoms with Crippen LogP contribution in [0.2, 0.25) is 0 Å². The maximum absolute atomic E-state index is 12.5. The van der Waals surface area contributed by atoms with E-state index in [1.807, 2.05) is 18.2 Å². The highest BCUT2D eigenvalue weighted by molar-refractivity contribution is 8.02. The number of anilines is 1. The molecule has 1 aliphatic rings. The lowest BCUT2D eigenvalue weighted by Crippen LogP contribution is -2.35. The third-order valence-corrected chi connectivity index (χ3v) is 5.77. The Morgan fingerprint density at radius 2 is 2.12 bits per heavy atom. The molecular weight excluding hydrogens is 338 g/mol. The number of aromatic nitrogens is 2. The van der Waals surface area contributed by atoms with Crippen LogP contribution in [0.3, 0.4) is 0 Å². The molecule has 0 radical (unpaired) electrons. The zero-order valence-electron chi connectivity index (χ0n) is 14.5. The van der Waals surface area contributed by atoms with Gasteiger partial charge in [0.2, 0.25) is 5.91 Å². The van der Waals surface area contributed by atoms with E-state index in [-0.39, 0.29) is 11.7 Å². The summed E-state index contributed by atoms with van der Waals surface area (Å²) in [6.07, 6.45) is 4.57. The second kappa shape index (κ2) is 7.07. The summed E-state index contributed by atoms with van der Waals surface area (Å²) >= 11 is 1.11. The molecule has 0 unspecified atom stereocenters. The number of carboxylic acids is 1. The molecule has 3 rings (SSSR count). The SMILES string of the molecule is CC(C)(SCC(=O)O)C(=O)Nc1ccc2c(c1)nc1n2CCCCC1. The number of aliphatic carboxylic acids is 1. The van der Waals surface area contributed by atoms with Crippen molar-refractivity contribution in [3.63, 3.8) is 0 Å². The second-order valence-electron chi connectivity index (χ2n) is 6.84. The monoisotopic (exact) mass is 361 g/mol. The van der Waals surface area contributed by atoms with E-state index in [0.29, 0.717) is 5.69 Å². The molecule has 0 saturated heterocycles. The molecular formula is C18H23N3O3S. The minimum atomic E-state index is -0.924. The molecule has 7 heteroatoms. The quantitative estimate of drug-likeness (QED) is 0.854. The molecule has 2 N–H and O–H groups in total. The zero-order valence-corrected chi connectivity index (χ0v) is 15.4. The average molecular weight is 361 g/mol. The second-order valence-corrected chi connectivity index (χ2v) is 8.44. The number of rotatable bonds is 5. The number of carbonyl (C=O) groups is 2. The Morgan fingerprint density at radius 3 is 2.88 bits per heavy atom. The van der Waals surface area contributed by atoms with Crippen LogP contribution in [0.5, 0.6) is 0 Å². The number of thioether (sulfide) groups is 1. The lowest BCUT2D eigenvalue weighted by molar-refractivity contribution is -0.133. The van der Waals surface area contributed by atoms with E-state index >= 15 is 0 Å². The van der Waals surface area contributed by atoms with Gasteiger partial charge in [-0.15, -0.1) is 11.8 Å². The lowest BCUT2D eigenvalue weighted by Gasteiger charge is -2.22. The molecule has 2 aromatic rings. The number of fused-ring (bicyclic) bond motifs is 3. The Bertz CT molecular complexity index is 813. The smallest absolute Gasteiger partial charge is 0.313 e. The summed E-state index contributed by atoms with van der Waals surface area (Å²) in [6, 6.07) is 5.79. The predicted octanol–water partition coefficient (Wildman–Crippen LogP) is 3.30. The number of nitrogens with zero attached hydrogens (tertiary/aromatic N) is 2. The van der Waals surface area contributed by atoms with Crippen LogP contribution in [-0.4, -0.2) is 37.0 Å². The molecule has 0 saturated carbocycles. The van der Waals surface area contributed by atoms with Crippen LogP contribution in [0.25, 0.3) is 11.0 Å². The van der Waals surface area contributed by atoms with Crippen molar-refractivity contribution in [3.05, 3.63) is 24.0 Å². The molecule has 0 atom stereocenters. The van der Waals surface area contributed by atoms with Gasteiger partial charge in [0.1, 0.15) is 5.82 Å². The maximum atomic E-state index is 12.5. The number of carbonyl (C=O) groups excluding carboxylic acids is 1. The molecule has 134 valence electrons. The van der Waals surface area contributed by atoms with E-state index in [4.69, 9.17) is 10.1 Å². The Kier molecular flexibility index (Phi) is 5.03. The summed E-state index contributed by atoms with van der Waals surface area (Å²) in [6.45, 7) is 4.46. The fraction of sp³-hybridized carbons (Fsp3) is 0.500. The van der Waals surface area contributed by atoms with Gasteiger partial charge >= 0.3 is 5.97 Å². The van der Waals surface area contributed by atoms with Crippen molar-refractivity contribution in [1.29, 1.82) is 0 Å². The molecule has 6 nitrogen and oxygen atoms in total. The number of aryl methyl sites for hydroxylation is 2. The third-order valence-electron chi connectivity index (χ3n) is 4.47. The van der Waals surface area contributed by atoms with Crippen molar-refractivity contribution in [1.82, 2.24) is 9.55 Å². The average Bonchev–Trinajstić information content (AvgIpc) is 2.73. The van der Waals surface area contributed by atoms with Crippen LogP contribution in [0, 0.1) is 0 Å². The summed E-state index contributed by atoms with van der Waals surface area (Å²) in [7, 11) is 0. The molecule has 0 spiro atoms. The highest BCUT2D eigenvalue weighted by Gasteiger charge is 2.29. The van der Waals surface area contributed by atoms with Gasteiger partial charge < -0.3 is 15.0 Å². The van der Waals surface area contributed by atoms with Gasteiger partial charge in [0.25, 0.3) is 0 Å². The first-order chi connectivity index (χ1) is 11.9. The van der Waals surface area contributed by atoms with E-state index in [1.54, 1.807) is 13.8 Å². The van der Waals surface area contributed by atoms with Crippen LogP contribution in [0.15, 0.2) is 18.2 Å². The zero-order chi connectivity index (χ0) is 18.0. The van der Waals surface area contributed by atoms with Gasteiger partial charge in [-0.05, 0) is 44.9 Å². The number of hydrogen-bond acceptors (Lipinski definition) is 4. The number of benzene rings is 1. The van der Waals surface area contributed by atoms with E-state index in [9.17, 15) is 9.59 Å². The van der Waals surface area contributed by atoms with Gasteiger partial charge in [0, 0.05) is 18.7 Å². The summed E-state index contributed by atoms with van der Waals surface area (Å²) in [5.41, 5.74) is 2.69. The standard InChI is InChI=1S/C18H23N3O3S/c1-18(2,25-11-16(22)23)17(24)19-12-7-8-14-13(10-12)20-15-6-4-3-5-9-21(14)15/h7-8,10H,3-6,9,11H2,1-2H3,(H,19,24)(H,22,23). The van der Waals surface area contributed by atoms with Crippen molar-refractivity contribution < 1.29 is 14.7 Å². The number of nitrogens with one attached hydrogen (secondary N) is 1. The fourth-order valence-corrected chi connectivity index (χ4v) is 3.68. The molecule has 25 heavy (non-hydrogen) atoms. The van der Waals surface area contributed by atoms with Crippen molar-refractivity contribution in [2.45, 2.75) is 50.8 Å². The molecule has 1 amide bonds. The highest BCUT2D eigenvalue weighted by atomic mass is 32.2. The Balaban J connectivity index is 1.78. The number of hydrogen-bond donors (Lipinski definition) is 2. The van der Waals surface area contributed by atoms with Crippen molar-refractivity contribution >= 4 is 40.4 Å². The maximum Gasteiger partial charge on any atom is 0.313 e. The van der Waals surface area contributed by atoms with E-state index in [2.05, 4.69) is 9.88 Å². The van der Waals surface area contributed by atoms with Crippen LogP contribution in [-0.2, 0) is 22.6 Å². The Hall–Kier alpha value is -2.02. The molecule has 1 aromatic carbocycles. The van der Waals surface area contributed by atoms with Gasteiger partial charge in [-0.3, -0.25) is 9.59 Å². The normalized spacial score (nSPS) is 14.8. The van der Waals surface area contributed by atoms with Crippen molar-refractivity contribution in [3.8, 4) is 0 Å². The van der Waals surface area contributed by atoms with Gasteiger partial charge in [-0.25, -0.2) is 4.98 Å². The first kappa shape index (κ1) is 17.8. The van der Waals surface area contributed by atoms with E-state index in [0.717, 1.165) is 41.6 Å². The molecule has 0 aliphatic carbocycles. The first-order valence-corrected chi connectivity index (χ1v) is 9.52. The van der Waals surface area contributed by atoms with Crippen LogP contribution in [0.1, 0.15) is 38.9 Å². The number of imidazole rings is 1. The highest BCUT2D eigenvalue weighted by Crippen LogP contribution is 2.28. The summed E-state index contributed by atoms with van der Waals surface area (Å²) in [4.78, 5) is 27.9. The largest absolute Gasteiger partial charge is 0.481 e. The van der Waals surface area contributed by atoms with Crippen LogP contribution in [0.4, 0.5) is 5.69 Å². The van der Waals surface area contributed by atoms with Gasteiger partial charge in [0.05, 0.1) is 21.5 Å². The lowest BCUT2D eigenvalue weighted by atomic mass is 10.2. The molecule has 0 bridgehead atoms. The van der Waals surface area contributed by atoms with Gasteiger partial charge in [-0.2, -0.15) is 0 Å². The number of carboxylic acid groups (broad SMARTS) is 1. The summed E-state index contributed by atoms with van der Waals surface area (Å²) in [5.74, 6) is -0.119. The van der Waals surface area contributed by atoms with E-state index in [1.165, 1.54) is 19.3 Å². The van der Waals surface area contributed by atoms with Crippen LogP contribution >= 0.6 is 11.8 Å². The third kappa shape index (κ3) is 3.98. The van der Waals surface area contributed by atoms with Gasteiger partial charge in [0.15, 0.2) is 0 Å². The summed E-state index contributed by atoms with van der Waals surface area (Å²) < 4.78 is 1.46. The molecule has 0 fully saturated rings. The Labute approximate surface area is 151 Å². The summed E-state index contributed by atoms with van der Waals surface area (Å²) in [5, 5.41) is 11.7. The topological polar surface area (TPSA) is 84.2 Å². The van der Waals surface area contributed by atoms with Crippen LogP contribution < -0.4 is 5.32 Å². The fourth-order valence-electron chi connectivity index (χ4n) is 3.02. The molecule has 1 aromatic heterocycles. The Morgan fingerprint density at radius 1 is 1.32 bits per heavy atom. The minimum absolute atomic E-state index is 0.104. The van der Waals surface area contributed by atoms with E-state index < -0.39 is 10.7 Å². The van der Waals surface area contributed by atoms with Gasteiger partial charge in [-0.1, -0.05) is 6.42 Å².